The van der Waals surface area contributed by atoms with Crippen molar-refractivity contribution in [2.75, 3.05) is 7.11 Å². The SMILES string of the molecule is CO[C@H](C)C(=O)N[C@@H](CCC(=O)C=[N+]=[N-])C(=O)Oc1ccncc1. The Morgan fingerprint density at radius 3 is 2.62 bits per heavy atom. The number of nitrogens with zero attached hydrogens (tertiary/aromatic N) is 3. The van der Waals surface area contributed by atoms with E-state index >= 15 is 0 Å². The number of amides is 1. The summed E-state index contributed by atoms with van der Waals surface area (Å²) >= 11 is 0. The first kappa shape index (κ1) is 19.1. The topological polar surface area (TPSA) is 131 Å². The molecule has 2 atom stereocenters. The minimum absolute atomic E-state index is 0.0169. The van der Waals surface area contributed by atoms with Gasteiger partial charge in [0.1, 0.15) is 17.9 Å². The van der Waals surface area contributed by atoms with Gasteiger partial charge in [-0.25, -0.2) is 4.79 Å². The number of methoxy groups -OCH3 is 1. The third kappa shape index (κ3) is 6.47. The third-order valence-corrected chi connectivity index (χ3v) is 3.07. The Kier molecular flexibility index (Phi) is 7.97. The van der Waals surface area contributed by atoms with Crippen LogP contribution in [0.3, 0.4) is 0 Å². The van der Waals surface area contributed by atoms with Gasteiger partial charge in [-0.2, -0.15) is 4.79 Å². The normalized spacial score (nSPS) is 12.4. The van der Waals surface area contributed by atoms with Crippen LogP contribution >= 0.6 is 0 Å². The van der Waals surface area contributed by atoms with Crippen molar-refractivity contribution in [1.29, 1.82) is 0 Å². The van der Waals surface area contributed by atoms with Crippen LogP contribution in [0.25, 0.3) is 5.53 Å². The average Bonchev–Trinajstić information content (AvgIpc) is 2.58. The summed E-state index contributed by atoms with van der Waals surface area (Å²) in [5.74, 6) is -1.48. The van der Waals surface area contributed by atoms with Crippen molar-refractivity contribution in [2.45, 2.75) is 31.9 Å². The van der Waals surface area contributed by atoms with Gasteiger partial charge < -0.3 is 20.3 Å². The smallest absolute Gasteiger partial charge is 0.334 e. The third-order valence-electron chi connectivity index (χ3n) is 3.07. The van der Waals surface area contributed by atoms with Gasteiger partial charge in [0.25, 0.3) is 0 Å². The number of hydrogen-bond donors (Lipinski definition) is 1. The predicted octanol–water partition coefficient (Wildman–Crippen LogP) is 0.157. The van der Waals surface area contributed by atoms with Crippen molar-refractivity contribution in [1.82, 2.24) is 10.3 Å². The molecule has 1 N–H and O–H groups in total. The zero-order valence-corrected chi connectivity index (χ0v) is 13.3. The number of esters is 1. The molecule has 0 aromatic carbocycles. The lowest BCUT2D eigenvalue weighted by Crippen LogP contribution is -2.47. The summed E-state index contributed by atoms with van der Waals surface area (Å²) in [5.41, 5.74) is 8.32. The maximum Gasteiger partial charge on any atom is 0.334 e. The number of pyridine rings is 1. The molecule has 0 bridgehead atoms. The molecule has 0 fully saturated rings. The molecule has 0 saturated heterocycles. The molecule has 0 unspecified atom stereocenters. The fourth-order valence-corrected chi connectivity index (χ4v) is 1.65. The number of Topliss-reactive ketones (excluding diaryl/α,β-unsaturated/α-hetero) is 1. The summed E-state index contributed by atoms with van der Waals surface area (Å²) in [7, 11) is 1.36. The van der Waals surface area contributed by atoms with E-state index < -0.39 is 29.8 Å². The van der Waals surface area contributed by atoms with Gasteiger partial charge in [-0.05, 0) is 25.5 Å². The van der Waals surface area contributed by atoms with Gasteiger partial charge in [-0.1, -0.05) is 0 Å². The highest BCUT2D eigenvalue weighted by molar-refractivity contribution is 6.25. The monoisotopic (exact) mass is 334 g/mol. The minimum Gasteiger partial charge on any atom is -0.425 e. The van der Waals surface area contributed by atoms with Crippen LogP contribution in [0.5, 0.6) is 5.75 Å². The van der Waals surface area contributed by atoms with Crippen molar-refractivity contribution in [3.63, 3.8) is 0 Å². The molecule has 24 heavy (non-hydrogen) atoms. The van der Waals surface area contributed by atoms with Crippen LogP contribution in [0.15, 0.2) is 24.5 Å². The van der Waals surface area contributed by atoms with Crippen LogP contribution in [0.1, 0.15) is 19.8 Å². The number of ether oxygens (including phenoxy) is 2. The lowest BCUT2D eigenvalue weighted by molar-refractivity contribution is -0.141. The van der Waals surface area contributed by atoms with Gasteiger partial charge >= 0.3 is 12.2 Å². The summed E-state index contributed by atoms with van der Waals surface area (Å²) < 4.78 is 10.0. The van der Waals surface area contributed by atoms with Crippen molar-refractivity contribution in [3.05, 3.63) is 30.1 Å². The quantitative estimate of drug-likeness (QED) is 0.296. The summed E-state index contributed by atoms with van der Waals surface area (Å²) in [6.45, 7) is 1.52. The molecule has 1 rings (SSSR count). The second-order valence-electron chi connectivity index (χ2n) is 4.79. The molecule has 0 aliphatic rings. The number of ketones is 1. The molecule has 9 nitrogen and oxygen atoms in total. The molecule has 0 radical (unpaired) electrons. The Balaban J connectivity index is 2.78. The molecule has 1 heterocycles. The Morgan fingerprint density at radius 2 is 2.04 bits per heavy atom. The first-order chi connectivity index (χ1) is 11.5. The van der Waals surface area contributed by atoms with E-state index in [1.807, 2.05) is 0 Å². The van der Waals surface area contributed by atoms with Crippen LogP contribution in [0, 0.1) is 0 Å². The van der Waals surface area contributed by atoms with Crippen molar-refractivity contribution in [2.24, 2.45) is 0 Å². The zero-order valence-electron chi connectivity index (χ0n) is 13.3. The van der Waals surface area contributed by atoms with Gasteiger partial charge in [-0.3, -0.25) is 14.6 Å². The van der Waals surface area contributed by atoms with Crippen LogP contribution in [0.2, 0.25) is 0 Å². The van der Waals surface area contributed by atoms with Gasteiger partial charge in [-0.15, -0.1) is 0 Å². The maximum absolute atomic E-state index is 12.2. The average molecular weight is 334 g/mol. The van der Waals surface area contributed by atoms with E-state index in [1.165, 1.54) is 38.6 Å². The Labute approximate surface area is 138 Å². The molecular weight excluding hydrogens is 316 g/mol. The van der Waals surface area contributed by atoms with Gasteiger partial charge in [0.05, 0.1) is 0 Å². The van der Waals surface area contributed by atoms with Crippen LogP contribution in [-0.4, -0.2) is 52.9 Å². The summed E-state index contributed by atoms with van der Waals surface area (Å²) in [5, 5.41) is 2.47. The molecule has 0 aliphatic heterocycles. The number of hydrogen-bond acceptors (Lipinski definition) is 6. The number of carbonyl (C=O) groups is 3. The van der Waals surface area contributed by atoms with Crippen LogP contribution in [0.4, 0.5) is 0 Å². The second-order valence-corrected chi connectivity index (χ2v) is 4.79. The highest BCUT2D eigenvalue weighted by atomic mass is 16.5. The van der Waals surface area contributed by atoms with E-state index in [2.05, 4.69) is 15.1 Å². The van der Waals surface area contributed by atoms with E-state index in [-0.39, 0.29) is 18.6 Å². The molecule has 0 aliphatic carbocycles. The molecule has 0 spiro atoms. The lowest BCUT2D eigenvalue weighted by Gasteiger charge is -2.18. The molecule has 1 aromatic rings. The summed E-state index contributed by atoms with van der Waals surface area (Å²) in [6, 6.07) is 1.91. The fraction of sp³-hybridized carbons (Fsp3) is 0.400. The number of aromatic nitrogens is 1. The maximum atomic E-state index is 12.2. The van der Waals surface area contributed by atoms with Crippen LogP contribution < -0.4 is 10.1 Å². The molecule has 1 amide bonds. The Hall–Kier alpha value is -2.90. The second kappa shape index (κ2) is 9.98. The first-order valence-corrected chi connectivity index (χ1v) is 7.13. The lowest BCUT2D eigenvalue weighted by atomic mass is 10.1. The molecule has 9 heteroatoms. The molecule has 1 aromatic heterocycles. The van der Waals surface area contributed by atoms with E-state index in [1.54, 1.807) is 0 Å². The highest BCUT2D eigenvalue weighted by Crippen LogP contribution is 2.10. The van der Waals surface area contributed by atoms with Gasteiger partial charge in [0, 0.05) is 25.9 Å². The Morgan fingerprint density at radius 1 is 1.38 bits per heavy atom. The molecule has 128 valence electrons. The zero-order chi connectivity index (χ0) is 17.9. The molecular formula is C15H18N4O5. The minimum atomic E-state index is -1.06. The fourth-order valence-electron chi connectivity index (χ4n) is 1.65. The summed E-state index contributed by atoms with van der Waals surface area (Å²) in [6.07, 6.45) is 2.73. The Bertz CT molecular complexity index is 628. The number of carbonyl (C=O) groups excluding carboxylic acids is 3. The van der Waals surface area contributed by atoms with Crippen molar-refractivity contribution >= 4 is 23.9 Å². The van der Waals surface area contributed by atoms with Crippen molar-refractivity contribution in [3.8, 4) is 5.75 Å². The van der Waals surface area contributed by atoms with E-state index in [9.17, 15) is 14.4 Å². The first-order valence-electron chi connectivity index (χ1n) is 7.13. The van der Waals surface area contributed by atoms with Gasteiger partial charge in [0.2, 0.25) is 11.7 Å². The van der Waals surface area contributed by atoms with Crippen LogP contribution in [-0.2, 0) is 19.1 Å². The van der Waals surface area contributed by atoms with E-state index in [0.29, 0.717) is 0 Å². The standard InChI is InChI=1S/C15H18N4O5/c1-10(23-2)14(21)19-13(4-3-11(20)9-18-16)15(22)24-12-5-7-17-8-6-12/h5-10,13H,3-4H2,1-2H3,(H,19,21)/t10-,13+/m1/s1. The van der Waals surface area contributed by atoms with Crippen molar-refractivity contribution < 1.29 is 28.6 Å². The number of rotatable bonds is 9. The number of nitrogens with one attached hydrogen (secondary N) is 1. The largest absolute Gasteiger partial charge is 0.425 e. The highest BCUT2D eigenvalue weighted by Gasteiger charge is 2.26. The van der Waals surface area contributed by atoms with Gasteiger partial charge in [0.15, 0.2) is 0 Å². The summed E-state index contributed by atoms with van der Waals surface area (Å²) in [4.78, 5) is 42.0. The predicted molar refractivity (Wildman–Crippen MR) is 82.2 cm³/mol. The molecule has 0 saturated carbocycles. The van der Waals surface area contributed by atoms with E-state index in [4.69, 9.17) is 15.0 Å². The van der Waals surface area contributed by atoms with E-state index in [0.717, 1.165) is 6.21 Å².